The number of thiol groups is 1. The van der Waals surface area contributed by atoms with Crippen LogP contribution in [-0.4, -0.2) is 21.6 Å². The summed E-state index contributed by atoms with van der Waals surface area (Å²) in [6.45, 7) is 3.08. The Morgan fingerprint density at radius 3 is 2.58 bits per heavy atom. The molecule has 19 heavy (non-hydrogen) atoms. The second kappa shape index (κ2) is 5.77. The molecule has 0 bridgehead atoms. The number of hydrogen-bond acceptors (Lipinski definition) is 4. The maximum atomic E-state index is 12.6. The number of alkyl halides is 3. The Labute approximate surface area is 114 Å². The van der Waals surface area contributed by atoms with Crippen molar-refractivity contribution in [3.8, 4) is 0 Å². The van der Waals surface area contributed by atoms with Gasteiger partial charge in [-0.15, -0.1) is 0 Å². The van der Waals surface area contributed by atoms with E-state index in [1.165, 1.54) is 0 Å². The lowest BCUT2D eigenvalue weighted by Gasteiger charge is -2.25. The number of aromatic nitrogens is 2. The zero-order valence-corrected chi connectivity index (χ0v) is 11.3. The van der Waals surface area contributed by atoms with E-state index in [1.807, 2.05) is 0 Å². The topological polar surface area (TPSA) is 54.9 Å². The minimum Gasteiger partial charge on any atom is -0.344 e. The fourth-order valence-corrected chi connectivity index (χ4v) is 1.59. The van der Waals surface area contributed by atoms with Crippen LogP contribution in [0.25, 0.3) is 0 Å². The van der Waals surface area contributed by atoms with Crippen molar-refractivity contribution in [2.75, 3.05) is 5.75 Å². The Kier molecular flexibility index (Phi) is 4.78. The molecule has 1 aromatic rings. The molecule has 1 N–H and O–H groups in total. The molecule has 0 unspecified atom stereocenters. The number of rotatable bonds is 4. The smallest absolute Gasteiger partial charge is 0.344 e. The average molecular weight is 293 g/mol. The third-order valence-corrected chi connectivity index (χ3v) is 2.52. The van der Waals surface area contributed by atoms with E-state index in [9.17, 15) is 18.0 Å². The van der Waals surface area contributed by atoms with E-state index in [0.717, 1.165) is 12.3 Å². The largest absolute Gasteiger partial charge is 0.433 e. The average Bonchev–Trinajstić information content (AvgIpc) is 2.27. The molecule has 0 aliphatic rings. The molecule has 0 saturated heterocycles. The maximum Gasteiger partial charge on any atom is 0.433 e. The lowest BCUT2D eigenvalue weighted by molar-refractivity contribution is -0.141. The molecule has 1 heterocycles. The summed E-state index contributed by atoms with van der Waals surface area (Å²) >= 11 is 3.91. The molecule has 106 valence electrons. The molecule has 1 aromatic heterocycles. The first-order valence-electron chi connectivity index (χ1n) is 5.49. The molecule has 0 spiro atoms. The van der Waals surface area contributed by atoms with Crippen molar-refractivity contribution in [3.05, 3.63) is 23.8 Å². The number of hydrogen-bond donors (Lipinski definition) is 2. The second-order valence-electron chi connectivity index (χ2n) is 4.41. The van der Waals surface area contributed by atoms with Crippen LogP contribution in [0.4, 0.5) is 13.2 Å². The summed E-state index contributed by atoms with van der Waals surface area (Å²) in [5.41, 5.74) is -2.12. The molecule has 0 fully saturated rings. The van der Waals surface area contributed by atoms with Crippen LogP contribution in [0.3, 0.4) is 0 Å². The SMILES string of the molecule is CC(C)(NC(=O)CCS)c1nccc(C(F)(F)F)n1. The van der Waals surface area contributed by atoms with E-state index in [4.69, 9.17) is 0 Å². The van der Waals surface area contributed by atoms with Gasteiger partial charge in [0.1, 0.15) is 5.69 Å². The Morgan fingerprint density at radius 1 is 1.42 bits per heavy atom. The van der Waals surface area contributed by atoms with Crippen LogP contribution >= 0.6 is 12.6 Å². The van der Waals surface area contributed by atoms with Gasteiger partial charge in [-0.05, 0) is 25.7 Å². The Morgan fingerprint density at radius 2 is 2.05 bits per heavy atom. The minimum absolute atomic E-state index is 0.0881. The van der Waals surface area contributed by atoms with Gasteiger partial charge in [0.15, 0.2) is 5.82 Å². The first-order valence-corrected chi connectivity index (χ1v) is 6.12. The monoisotopic (exact) mass is 293 g/mol. The predicted molar refractivity (Wildman–Crippen MR) is 66.7 cm³/mol. The van der Waals surface area contributed by atoms with Gasteiger partial charge in [-0.1, -0.05) is 0 Å². The van der Waals surface area contributed by atoms with E-state index in [-0.39, 0.29) is 18.2 Å². The van der Waals surface area contributed by atoms with Gasteiger partial charge in [-0.2, -0.15) is 25.8 Å². The van der Waals surface area contributed by atoms with Crippen molar-refractivity contribution in [1.82, 2.24) is 15.3 Å². The molecule has 0 aromatic carbocycles. The first kappa shape index (κ1) is 15.7. The van der Waals surface area contributed by atoms with E-state index >= 15 is 0 Å². The van der Waals surface area contributed by atoms with E-state index in [1.54, 1.807) is 13.8 Å². The quantitative estimate of drug-likeness (QED) is 0.837. The Hall–Kier alpha value is -1.31. The molecule has 0 radical (unpaired) electrons. The third-order valence-electron chi connectivity index (χ3n) is 2.30. The van der Waals surface area contributed by atoms with Crippen LogP contribution in [0, 0.1) is 0 Å². The van der Waals surface area contributed by atoms with Gasteiger partial charge < -0.3 is 5.32 Å². The summed E-state index contributed by atoms with van der Waals surface area (Å²) in [5, 5.41) is 2.57. The zero-order valence-electron chi connectivity index (χ0n) is 10.5. The third kappa shape index (κ3) is 4.38. The van der Waals surface area contributed by atoms with Gasteiger partial charge in [0.05, 0.1) is 5.54 Å². The van der Waals surface area contributed by atoms with Crippen molar-refractivity contribution in [1.29, 1.82) is 0 Å². The highest BCUT2D eigenvalue weighted by atomic mass is 32.1. The molecular weight excluding hydrogens is 279 g/mol. The molecule has 1 rings (SSSR count). The van der Waals surface area contributed by atoms with Gasteiger partial charge in [0.25, 0.3) is 0 Å². The fourth-order valence-electron chi connectivity index (χ4n) is 1.39. The fraction of sp³-hybridized carbons (Fsp3) is 0.545. The van der Waals surface area contributed by atoms with Crippen LogP contribution in [0.2, 0.25) is 0 Å². The summed E-state index contributed by atoms with van der Waals surface area (Å²) < 4.78 is 37.7. The number of carbonyl (C=O) groups excluding carboxylic acids is 1. The van der Waals surface area contributed by atoms with Gasteiger partial charge in [-0.25, -0.2) is 9.97 Å². The van der Waals surface area contributed by atoms with Gasteiger partial charge in [0.2, 0.25) is 5.91 Å². The number of carbonyl (C=O) groups is 1. The second-order valence-corrected chi connectivity index (χ2v) is 4.86. The maximum absolute atomic E-state index is 12.6. The summed E-state index contributed by atoms with van der Waals surface area (Å²) in [6.07, 6.45) is -3.34. The number of halogens is 3. The van der Waals surface area contributed by atoms with Gasteiger partial charge in [-0.3, -0.25) is 4.79 Å². The van der Waals surface area contributed by atoms with Crippen LogP contribution < -0.4 is 5.32 Å². The van der Waals surface area contributed by atoms with Crippen molar-refractivity contribution in [2.45, 2.75) is 32.0 Å². The molecule has 0 aliphatic carbocycles. The first-order chi connectivity index (χ1) is 8.66. The minimum atomic E-state index is -4.54. The normalized spacial score (nSPS) is 12.3. The standard InChI is InChI=1S/C11H14F3N3OS/c1-10(2,17-8(18)4-6-19)9-15-5-3-7(16-9)11(12,13)14/h3,5,19H,4,6H2,1-2H3,(H,17,18). The van der Waals surface area contributed by atoms with Crippen molar-refractivity contribution >= 4 is 18.5 Å². The van der Waals surface area contributed by atoms with E-state index in [2.05, 4.69) is 27.9 Å². The van der Waals surface area contributed by atoms with Gasteiger partial charge >= 0.3 is 6.18 Å². The Balaban J connectivity index is 2.98. The summed E-state index contributed by atoms with van der Waals surface area (Å²) in [5.74, 6) is -0.0541. The highest BCUT2D eigenvalue weighted by Gasteiger charge is 2.35. The summed E-state index contributed by atoms with van der Waals surface area (Å²) in [4.78, 5) is 18.7. The lowest BCUT2D eigenvalue weighted by Crippen LogP contribution is -2.42. The van der Waals surface area contributed by atoms with Crippen molar-refractivity contribution in [2.24, 2.45) is 0 Å². The van der Waals surface area contributed by atoms with Crippen LogP contribution in [0.15, 0.2) is 12.3 Å². The number of nitrogens with one attached hydrogen (secondary N) is 1. The number of amides is 1. The highest BCUT2D eigenvalue weighted by molar-refractivity contribution is 7.80. The lowest BCUT2D eigenvalue weighted by atomic mass is 10.0. The molecule has 0 aliphatic heterocycles. The van der Waals surface area contributed by atoms with Crippen LogP contribution in [0.1, 0.15) is 31.8 Å². The Bertz CT molecular complexity index is 463. The molecular formula is C11H14F3N3OS. The van der Waals surface area contributed by atoms with E-state index in [0.29, 0.717) is 5.75 Å². The molecule has 0 atom stereocenters. The molecule has 4 nitrogen and oxygen atoms in total. The summed E-state index contributed by atoms with van der Waals surface area (Å²) in [7, 11) is 0. The highest BCUT2D eigenvalue weighted by Crippen LogP contribution is 2.28. The molecule has 1 amide bonds. The number of nitrogens with zero attached hydrogens (tertiary/aromatic N) is 2. The van der Waals surface area contributed by atoms with Crippen molar-refractivity contribution < 1.29 is 18.0 Å². The molecule has 8 heteroatoms. The van der Waals surface area contributed by atoms with Crippen molar-refractivity contribution in [3.63, 3.8) is 0 Å². The summed E-state index contributed by atoms with van der Waals surface area (Å²) in [6, 6.07) is 0.787. The van der Waals surface area contributed by atoms with Gasteiger partial charge in [0, 0.05) is 12.6 Å². The molecule has 0 saturated carbocycles. The predicted octanol–water partition coefficient (Wildman–Crippen LogP) is 2.17. The van der Waals surface area contributed by atoms with Crippen LogP contribution in [0.5, 0.6) is 0 Å². The van der Waals surface area contributed by atoms with Crippen LogP contribution in [-0.2, 0) is 16.5 Å². The van der Waals surface area contributed by atoms with E-state index < -0.39 is 17.4 Å². The zero-order chi connectivity index (χ0) is 14.7.